The highest BCUT2D eigenvalue weighted by molar-refractivity contribution is 5.88. The Morgan fingerprint density at radius 3 is 2.75 bits per heavy atom. The lowest BCUT2D eigenvalue weighted by atomic mass is 9.86. The number of rotatable bonds is 5. The third-order valence-electron chi connectivity index (χ3n) is 4.77. The van der Waals surface area contributed by atoms with E-state index in [1.54, 1.807) is 4.90 Å². The van der Waals surface area contributed by atoms with Crippen molar-refractivity contribution in [1.82, 2.24) is 10.2 Å². The SMILES string of the molecule is CCC1C(=O)NCCN1C(=O)CCCC1CCCCC1. The number of carbonyl (C=O) groups excluding carboxylic acids is 2. The number of nitrogens with zero attached hydrogens (tertiary/aromatic N) is 1. The van der Waals surface area contributed by atoms with Gasteiger partial charge in [-0.1, -0.05) is 39.0 Å². The minimum atomic E-state index is -0.245. The first-order chi connectivity index (χ1) is 9.72. The van der Waals surface area contributed by atoms with Gasteiger partial charge in [0.1, 0.15) is 6.04 Å². The van der Waals surface area contributed by atoms with Crippen molar-refractivity contribution in [1.29, 1.82) is 0 Å². The molecule has 0 aromatic carbocycles. The molecule has 2 fully saturated rings. The Labute approximate surface area is 122 Å². The summed E-state index contributed by atoms with van der Waals surface area (Å²) in [6.45, 7) is 3.24. The first-order valence-corrected chi connectivity index (χ1v) is 8.29. The minimum Gasteiger partial charge on any atom is -0.353 e. The molecule has 1 heterocycles. The van der Waals surface area contributed by atoms with Gasteiger partial charge in [-0.25, -0.2) is 0 Å². The van der Waals surface area contributed by atoms with Gasteiger partial charge in [0, 0.05) is 19.5 Å². The molecule has 114 valence electrons. The van der Waals surface area contributed by atoms with E-state index in [0.717, 1.165) is 12.3 Å². The molecule has 1 saturated heterocycles. The average Bonchev–Trinajstić information content (AvgIpc) is 2.48. The maximum atomic E-state index is 12.3. The Hall–Kier alpha value is -1.06. The molecule has 2 aliphatic rings. The number of carbonyl (C=O) groups is 2. The van der Waals surface area contributed by atoms with Gasteiger partial charge < -0.3 is 10.2 Å². The molecule has 0 spiro atoms. The summed E-state index contributed by atoms with van der Waals surface area (Å²) in [6.07, 6.45) is 10.3. The summed E-state index contributed by atoms with van der Waals surface area (Å²) < 4.78 is 0. The lowest BCUT2D eigenvalue weighted by Crippen LogP contribution is -2.56. The molecule has 1 atom stereocenters. The fourth-order valence-corrected chi connectivity index (χ4v) is 3.58. The molecule has 4 heteroatoms. The second kappa shape index (κ2) is 7.65. The van der Waals surface area contributed by atoms with Crippen LogP contribution >= 0.6 is 0 Å². The molecule has 1 saturated carbocycles. The quantitative estimate of drug-likeness (QED) is 0.841. The van der Waals surface area contributed by atoms with Gasteiger partial charge in [-0.15, -0.1) is 0 Å². The van der Waals surface area contributed by atoms with Crippen molar-refractivity contribution >= 4 is 11.8 Å². The number of piperazine rings is 1. The Morgan fingerprint density at radius 1 is 1.30 bits per heavy atom. The van der Waals surface area contributed by atoms with E-state index in [-0.39, 0.29) is 17.9 Å². The zero-order valence-electron chi connectivity index (χ0n) is 12.7. The van der Waals surface area contributed by atoms with Crippen molar-refractivity contribution in [2.75, 3.05) is 13.1 Å². The van der Waals surface area contributed by atoms with Gasteiger partial charge in [-0.05, 0) is 25.2 Å². The number of amides is 2. The fraction of sp³-hybridized carbons (Fsp3) is 0.875. The lowest BCUT2D eigenvalue weighted by Gasteiger charge is -2.34. The van der Waals surface area contributed by atoms with Gasteiger partial charge >= 0.3 is 0 Å². The van der Waals surface area contributed by atoms with E-state index in [1.807, 2.05) is 6.92 Å². The van der Waals surface area contributed by atoms with Crippen LogP contribution in [0.5, 0.6) is 0 Å². The summed E-state index contributed by atoms with van der Waals surface area (Å²) in [5.41, 5.74) is 0. The van der Waals surface area contributed by atoms with Gasteiger partial charge in [0.05, 0.1) is 0 Å². The Bertz CT molecular complexity index is 337. The Balaban J connectivity index is 1.74. The van der Waals surface area contributed by atoms with Crippen LogP contribution in [0.3, 0.4) is 0 Å². The second-order valence-corrected chi connectivity index (χ2v) is 6.20. The van der Waals surface area contributed by atoms with Crippen LogP contribution in [0.25, 0.3) is 0 Å². The lowest BCUT2D eigenvalue weighted by molar-refractivity contribution is -0.143. The Morgan fingerprint density at radius 2 is 2.05 bits per heavy atom. The van der Waals surface area contributed by atoms with Gasteiger partial charge in [0.2, 0.25) is 11.8 Å². The van der Waals surface area contributed by atoms with Crippen LogP contribution in [0, 0.1) is 5.92 Å². The molecule has 0 aromatic rings. The van der Waals surface area contributed by atoms with Crippen LogP contribution in [-0.4, -0.2) is 35.8 Å². The molecular formula is C16H28N2O2. The highest BCUT2D eigenvalue weighted by Gasteiger charge is 2.31. The molecule has 1 N–H and O–H groups in total. The second-order valence-electron chi connectivity index (χ2n) is 6.20. The predicted molar refractivity (Wildman–Crippen MR) is 79.2 cm³/mol. The summed E-state index contributed by atoms with van der Waals surface area (Å²) in [4.78, 5) is 25.8. The molecular weight excluding hydrogens is 252 g/mol. The number of nitrogens with one attached hydrogen (secondary N) is 1. The standard InChI is InChI=1S/C16H28N2O2/c1-2-14-16(20)17-11-12-18(14)15(19)10-6-9-13-7-4-3-5-8-13/h13-14H,2-12H2,1H3,(H,17,20). The van der Waals surface area contributed by atoms with Gasteiger partial charge in [-0.2, -0.15) is 0 Å². The zero-order valence-corrected chi connectivity index (χ0v) is 12.7. The van der Waals surface area contributed by atoms with E-state index in [9.17, 15) is 9.59 Å². The molecule has 2 rings (SSSR count). The first kappa shape index (κ1) is 15.3. The largest absolute Gasteiger partial charge is 0.353 e. The summed E-state index contributed by atoms with van der Waals surface area (Å²) in [5, 5.41) is 2.84. The summed E-state index contributed by atoms with van der Waals surface area (Å²) in [7, 11) is 0. The molecule has 4 nitrogen and oxygen atoms in total. The molecule has 0 bridgehead atoms. The van der Waals surface area contributed by atoms with Gasteiger partial charge in [-0.3, -0.25) is 9.59 Å². The van der Waals surface area contributed by atoms with Crippen LogP contribution in [0.1, 0.15) is 64.7 Å². The van der Waals surface area contributed by atoms with Crippen molar-refractivity contribution in [3.05, 3.63) is 0 Å². The maximum Gasteiger partial charge on any atom is 0.242 e. The van der Waals surface area contributed by atoms with Gasteiger partial charge in [0.25, 0.3) is 0 Å². The highest BCUT2D eigenvalue weighted by atomic mass is 16.2. The van der Waals surface area contributed by atoms with Gasteiger partial charge in [0.15, 0.2) is 0 Å². The average molecular weight is 280 g/mol. The molecule has 1 aliphatic heterocycles. The third kappa shape index (κ3) is 3.97. The summed E-state index contributed by atoms with van der Waals surface area (Å²) in [6, 6.07) is -0.245. The summed E-state index contributed by atoms with van der Waals surface area (Å²) >= 11 is 0. The smallest absolute Gasteiger partial charge is 0.242 e. The molecule has 0 radical (unpaired) electrons. The zero-order chi connectivity index (χ0) is 14.4. The Kier molecular flexibility index (Phi) is 5.86. The molecule has 1 aliphatic carbocycles. The minimum absolute atomic E-state index is 0.0133. The monoisotopic (exact) mass is 280 g/mol. The number of hydrogen-bond acceptors (Lipinski definition) is 2. The van der Waals surface area contributed by atoms with Crippen molar-refractivity contribution < 1.29 is 9.59 Å². The molecule has 0 aromatic heterocycles. The van der Waals surface area contributed by atoms with Crippen molar-refractivity contribution in [2.45, 2.75) is 70.8 Å². The van der Waals surface area contributed by atoms with Crippen LogP contribution in [0.2, 0.25) is 0 Å². The van der Waals surface area contributed by atoms with Crippen LogP contribution < -0.4 is 5.32 Å². The van der Waals surface area contributed by atoms with Crippen LogP contribution in [0.15, 0.2) is 0 Å². The summed E-state index contributed by atoms with van der Waals surface area (Å²) in [5.74, 6) is 1.02. The normalized spacial score (nSPS) is 24.6. The van der Waals surface area contributed by atoms with Crippen molar-refractivity contribution in [2.24, 2.45) is 5.92 Å². The molecule has 20 heavy (non-hydrogen) atoms. The number of hydrogen-bond donors (Lipinski definition) is 1. The van der Waals surface area contributed by atoms with E-state index in [0.29, 0.717) is 25.9 Å². The van der Waals surface area contributed by atoms with E-state index < -0.39 is 0 Å². The third-order valence-corrected chi connectivity index (χ3v) is 4.77. The van der Waals surface area contributed by atoms with E-state index >= 15 is 0 Å². The topological polar surface area (TPSA) is 49.4 Å². The van der Waals surface area contributed by atoms with Crippen LogP contribution in [-0.2, 0) is 9.59 Å². The highest BCUT2D eigenvalue weighted by Crippen LogP contribution is 2.27. The van der Waals surface area contributed by atoms with E-state index in [4.69, 9.17) is 0 Å². The molecule has 1 unspecified atom stereocenters. The fourth-order valence-electron chi connectivity index (χ4n) is 3.58. The van der Waals surface area contributed by atoms with Crippen LogP contribution in [0.4, 0.5) is 0 Å². The van der Waals surface area contributed by atoms with E-state index in [2.05, 4.69) is 5.32 Å². The first-order valence-electron chi connectivity index (χ1n) is 8.29. The van der Waals surface area contributed by atoms with E-state index in [1.165, 1.54) is 38.5 Å². The predicted octanol–water partition coefficient (Wildman–Crippen LogP) is 2.47. The molecule has 2 amide bonds. The van der Waals surface area contributed by atoms with Crippen molar-refractivity contribution in [3.8, 4) is 0 Å². The maximum absolute atomic E-state index is 12.3. The van der Waals surface area contributed by atoms with Crippen molar-refractivity contribution in [3.63, 3.8) is 0 Å².